The van der Waals surface area contributed by atoms with Gasteiger partial charge in [0, 0.05) is 24.8 Å². The lowest BCUT2D eigenvalue weighted by molar-refractivity contribution is -0.140. The quantitative estimate of drug-likeness (QED) is 0.307. The van der Waals surface area contributed by atoms with Crippen LogP contribution in [0.3, 0.4) is 0 Å². The molecule has 0 spiro atoms. The van der Waals surface area contributed by atoms with Gasteiger partial charge in [0.2, 0.25) is 11.8 Å². The van der Waals surface area contributed by atoms with Gasteiger partial charge in [-0.05, 0) is 66.1 Å². The van der Waals surface area contributed by atoms with E-state index < -0.39 is 27.8 Å². The molecule has 2 N–H and O–H groups in total. The summed E-state index contributed by atoms with van der Waals surface area (Å²) in [5.74, 6) is -2.94. The number of nitrogens with one attached hydrogen (secondary N) is 2. The zero-order chi connectivity index (χ0) is 28.0. The van der Waals surface area contributed by atoms with E-state index in [1.165, 1.54) is 17.0 Å². The van der Waals surface area contributed by atoms with Crippen molar-refractivity contribution in [2.24, 2.45) is 5.92 Å². The number of hydrogen-bond acceptors (Lipinski definition) is 5. The minimum atomic E-state index is -4.22. The Morgan fingerprint density at radius 2 is 1.46 bits per heavy atom. The Kier molecular flexibility index (Phi) is 8.41. The predicted molar refractivity (Wildman–Crippen MR) is 151 cm³/mol. The van der Waals surface area contributed by atoms with E-state index in [0.717, 1.165) is 5.39 Å². The molecule has 0 aliphatic carbocycles. The molecule has 1 unspecified atom stereocenters. The summed E-state index contributed by atoms with van der Waals surface area (Å²) >= 11 is 0. The maximum atomic E-state index is 13.2. The van der Waals surface area contributed by atoms with E-state index in [9.17, 15) is 22.8 Å². The predicted octanol–water partition coefficient (Wildman–Crippen LogP) is 4.23. The Morgan fingerprint density at radius 3 is 2.13 bits per heavy atom. The molecule has 3 amide bonds. The number of carbonyl (C=O) groups excluding carboxylic acids is 3. The Bertz CT molecular complexity index is 1600. The van der Waals surface area contributed by atoms with E-state index in [2.05, 4.69) is 10.0 Å². The summed E-state index contributed by atoms with van der Waals surface area (Å²) in [5.41, 5.74) is 1.69. The van der Waals surface area contributed by atoms with Gasteiger partial charge in [-0.1, -0.05) is 60.7 Å². The Morgan fingerprint density at radius 1 is 0.821 bits per heavy atom. The van der Waals surface area contributed by atoms with Gasteiger partial charge >= 0.3 is 0 Å². The van der Waals surface area contributed by atoms with E-state index >= 15 is 0 Å². The van der Waals surface area contributed by atoms with Gasteiger partial charge in [0.15, 0.2) is 0 Å². The van der Waals surface area contributed by atoms with Gasteiger partial charge in [0.05, 0.1) is 4.90 Å². The molecule has 9 heteroatoms. The second kappa shape index (κ2) is 11.9. The minimum absolute atomic E-state index is 0.0187. The van der Waals surface area contributed by atoms with Crippen LogP contribution in [0.15, 0.2) is 102 Å². The molecule has 4 aromatic rings. The van der Waals surface area contributed by atoms with E-state index in [-0.39, 0.29) is 17.2 Å². The van der Waals surface area contributed by atoms with E-state index in [1.807, 2.05) is 18.2 Å². The molecule has 1 atom stereocenters. The van der Waals surface area contributed by atoms with Crippen LogP contribution in [0.25, 0.3) is 10.8 Å². The summed E-state index contributed by atoms with van der Waals surface area (Å²) in [7, 11) is -2.66. The van der Waals surface area contributed by atoms with Crippen molar-refractivity contribution in [2.75, 3.05) is 18.9 Å². The number of amides is 3. The maximum Gasteiger partial charge on any atom is 0.264 e. The molecule has 200 valence electrons. The largest absolute Gasteiger partial charge is 0.345 e. The summed E-state index contributed by atoms with van der Waals surface area (Å²) in [6, 6.07) is 27.4. The molecule has 4 aromatic carbocycles. The van der Waals surface area contributed by atoms with Crippen molar-refractivity contribution < 1.29 is 22.8 Å². The van der Waals surface area contributed by atoms with E-state index in [4.69, 9.17) is 0 Å². The van der Waals surface area contributed by atoms with Crippen LogP contribution in [0.2, 0.25) is 0 Å². The van der Waals surface area contributed by atoms with Crippen LogP contribution in [-0.4, -0.2) is 44.6 Å². The number of anilines is 1. The van der Waals surface area contributed by atoms with Crippen molar-refractivity contribution in [1.82, 2.24) is 9.62 Å². The fourth-order valence-corrected chi connectivity index (χ4v) is 5.12. The first kappa shape index (κ1) is 27.5. The zero-order valence-corrected chi connectivity index (χ0v) is 22.4. The number of benzene rings is 4. The number of fused-ring (bicyclic) bond motifs is 1. The maximum absolute atomic E-state index is 13.2. The van der Waals surface area contributed by atoms with Crippen molar-refractivity contribution in [3.8, 4) is 0 Å². The third kappa shape index (κ3) is 6.69. The van der Waals surface area contributed by atoms with Crippen molar-refractivity contribution in [1.29, 1.82) is 0 Å². The van der Waals surface area contributed by atoms with Crippen LogP contribution >= 0.6 is 0 Å². The highest BCUT2D eigenvalue weighted by molar-refractivity contribution is 7.90. The van der Waals surface area contributed by atoms with Crippen LogP contribution in [0.5, 0.6) is 0 Å². The molecule has 0 saturated carbocycles. The summed E-state index contributed by atoms with van der Waals surface area (Å²) < 4.78 is 28.2. The third-order valence-corrected chi connectivity index (χ3v) is 7.76. The van der Waals surface area contributed by atoms with Crippen LogP contribution < -0.4 is 10.0 Å². The Hall–Kier alpha value is -4.50. The van der Waals surface area contributed by atoms with E-state index in [1.54, 1.807) is 80.7 Å². The average Bonchev–Trinajstić information content (AvgIpc) is 2.95. The zero-order valence-electron chi connectivity index (χ0n) is 21.6. The highest BCUT2D eigenvalue weighted by Gasteiger charge is 2.32. The van der Waals surface area contributed by atoms with Crippen molar-refractivity contribution >= 4 is 44.2 Å². The van der Waals surface area contributed by atoms with Crippen molar-refractivity contribution in [2.45, 2.75) is 18.2 Å². The highest BCUT2D eigenvalue weighted by Crippen LogP contribution is 2.21. The first-order chi connectivity index (χ1) is 18.7. The second-order valence-corrected chi connectivity index (χ2v) is 10.8. The second-order valence-electron chi connectivity index (χ2n) is 9.10. The van der Waals surface area contributed by atoms with Crippen LogP contribution in [0, 0.1) is 5.92 Å². The molecule has 8 nitrogen and oxygen atoms in total. The number of sulfonamides is 1. The Labute approximate surface area is 227 Å². The van der Waals surface area contributed by atoms with E-state index in [0.29, 0.717) is 28.7 Å². The molecule has 0 saturated heterocycles. The fourth-order valence-electron chi connectivity index (χ4n) is 4.06. The monoisotopic (exact) mass is 543 g/mol. The van der Waals surface area contributed by atoms with Crippen LogP contribution in [0.1, 0.15) is 22.8 Å². The number of hydrogen-bond donors (Lipinski definition) is 2. The molecular weight excluding hydrogens is 514 g/mol. The summed E-state index contributed by atoms with van der Waals surface area (Å²) in [6.07, 6.45) is -0.0187. The average molecular weight is 544 g/mol. The minimum Gasteiger partial charge on any atom is -0.345 e. The topological polar surface area (TPSA) is 113 Å². The van der Waals surface area contributed by atoms with Gasteiger partial charge < -0.3 is 10.2 Å². The lowest BCUT2D eigenvalue weighted by Crippen LogP contribution is -2.45. The van der Waals surface area contributed by atoms with Gasteiger partial charge in [-0.3, -0.25) is 14.4 Å². The SMILES string of the molecule is CCN(C)C(=O)C(Cc1ccc(NC(=O)c2ccccc2)cc1)C(=O)NS(=O)(=O)c1ccc2ccccc2c1. The van der Waals surface area contributed by atoms with Gasteiger partial charge in [-0.25, -0.2) is 13.1 Å². The molecule has 0 aromatic heterocycles. The molecule has 0 aliphatic heterocycles. The molecule has 39 heavy (non-hydrogen) atoms. The Balaban J connectivity index is 1.51. The van der Waals surface area contributed by atoms with Crippen molar-refractivity contribution in [3.63, 3.8) is 0 Å². The van der Waals surface area contributed by atoms with Crippen LogP contribution in [-0.2, 0) is 26.0 Å². The van der Waals surface area contributed by atoms with Crippen molar-refractivity contribution in [3.05, 3.63) is 108 Å². The molecule has 0 radical (unpaired) electrons. The standard InChI is InChI=1S/C30H29N3O5S/c1-3-33(2)30(36)27(19-21-13-16-25(17-14-21)31-28(34)23-10-5-4-6-11-23)29(35)32-39(37,38)26-18-15-22-9-7-8-12-24(22)20-26/h4-18,20,27H,3,19H2,1-2H3,(H,31,34)(H,32,35). The number of nitrogens with zero attached hydrogens (tertiary/aromatic N) is 1. The lowest BCUT2D eigenvalue weighted by Gasteiger charge is -2.22. The first-order valence-corrected chi connectivity index (χ1v) is 13.9. The molecule has 0 heterocycles. The highest BCUT2D eigenvalue weighted by atomic mass is 32.2. The normalized spacial score (nSPS) is 11.9. The fraction of sp³-hybridized carbons (Fsp3) is 0.167. The van der Waals surface area contributed by atoms with Gasteiger partial charge in [0.25, 0.3) is 15.9 Å². The molecule has 0 fully saturated rings. The number of rotatable bonds is 9. The third-order valence-electron chi connectivity index (χ3n) is 6.42. The number of carbonyl (C=O) groups is 3. The van der Waals surface area contributed by atoms with Gasteiger partial charge in [-0.2, -0.15) is 0 Å². The van der Waals surface area contributed by atoms with Crippen LogP contribution in [0.4, 0.5) is 5.69 Å². The van der Waals surface area contributed by atoms with Gasteiger partial charge in [-0.15, -0.1) is 0 Å². The molecule has 4 rings (SSSR count). The first-order valence-electron chi connectivity index (χ1n) is 12.4. The summed E-state index contributed by atoms with van der Waals surface area (Å²) in [6.45, 7) is 2.12. The summed E-state index contributed by atoms with van der Waals surface area (Å²) in [4.78, 5) is 40.1. The van der Waals surface area contributed by atoms with Gasteiger partial charge in [0.1, 0.15) is 5.92 Å². The molecular formula is C30H29N3O5S. The molecule has 0 bridgehead atoms. The summed E-state index contributed by atoms with van der Waals surface area (Å²) in [5, 5.41) is 4.38. The smallest absolute Gasteiger partial charge is 0.264 e. The molecule has 0 aliphatic rings. The lowest BCUT2D eigenvalue weighted by atomic mass is 9.97.